The number of aldehydes is 1. The van der Waals surface area contributed by atoms with Gasteiger partial charge >= 0.3 is 0 Å². The fraction of sp³-hybridized carbons (Fsp3) is 0.714. The van der Waals surface area contributed by atoms with Gasteiger partial charge in [0.15, 0.2) is 0 Å². The highest BCUT2D eigenvalue weighted by Gasteiger charge is 1.96. The highest BCUT2D eigenvalue weighted by atomic mass is 16.2. The van der Waals surface area contributed by atoms with Crippen molar-refractivity contribution in [3.8, 4) is 0 Å². The van der Waals surface area contributed by atoms with Crippen LogP contribution in [-0.4, -0.2) is 12.2 Å². The average Bonchev–Trinajstić information content (AvgIpc) is 2.04. The Kier molecular flexibility index (Phi) is 6.62. The van der Waals surface area contributed by atoms with E-state index in [4.69, 9.17) is 5.84 Å². The van der Waals surface area contributed by atoms with E-state index in [1.54, 1.807) is 0 Å². The largest absolute Gasteiger partial charge is 0.303 e. The van der Waals surface area contributed by atoms with Crippen molar-refractivity contribution in [2.45, 2.75) is 32.1 Å². The number of rotatable bonds is 6. The summed E-state index contributed by atoms with van der Waals surface area (Å²) >= 11 is 0. The molecule has 0 fully saturated rings. The summed E-state index contributed by atoms with van der Waals surface area (Å²) < 4.78 is 0. The van der Waals surface area contributed by atoms with Crippen LogP contribution in [-0.2, 0) is 9.59 Å². The summed E-state index contributed by atoms with van der Waals surface area (Å²) in [5.41, 5.74) is 2.05. The second kappa shape index (κ2) is 7.21. The predicted octanol–water partition coefficient (Wildman–Crippen LogP) is 0.126. The summed E-state index contributed by atoms with van der Waals surface area (Å²) in [5, 5.41) is 0. The molecule has 0 aromatic heterocycles. The normalized spacial score (nSPS) is 9.18. The average molecular weight is 158 g/mol. The highest BCUT2D eigenvalue weighted by Crippen LogP contribution is 2.00. The standard InChI is InChI=1S/C7H14N2O2/c8-9-7(11)5-3-1-2-4-6-10/h6H,1-5,8H2,(H,9,11). The second-order valence-corrected chi connectivity index (χ2v) is 2.33. The van der Waals surface area contributed by atoms with Crippen molar-refractivity contribution in [3.05, 3.63) is 0 Å². The lowest BCUT2D eigenvalue weighted by Crippen LogP contribution is -2.29. The summed E-state index contributed by atoms with van der Waals surface area (Å²) in [6.07, 6.45) is 4.51. The second-order valence-electron chi connectivity index (χ2n) is 2.33. The summed E-state index contributed by atoms with van der Waals surface area (Å²) in [6.45, 7) is 0. The fourth-order valence-electron chi connectivity index (χ4n) is 0.762. The molecule has 0 atom stereocenters. The Morgan fingerprint density at radius 1 is 1.36 bits per heavy atom. The Balaban J connectivity index is 3.01. The third kappa shape index (κ3) is 6.99. The molecular weight excluding hydrogens is 144 g/mol. The third-order valence-corrected chi connectivity index (χ3v) is 1.39. The number of hydrazine groups is 1. The van der Waals surface area contributed by atoms with Gasteiger partial charge in [0.2, 0.25) is 5.91 Å². The van der Waals surface area contributed by atoms with E-state index in [1.165, 1.54) is 0 Å². The summed E-state index contributed by atoms with van der Waals surface area (Å²) in [5.74, 6) is 4.71. The monoisotopic (exact) mass is 158 g/mol. The number of carbonyl (C=O) groups excluding carboxylic acids is 2. The van der Waals surface area contributed by atoms with Gasteiger partial charge in [0, 0.05) is 12.8 Å². The van der Waals surface area contributed by atoms with E-state index in [1.807, 2.05) is 5.43 Å². The van der Waals surface area contributed by atoms with Crippen molar-refractivity contribution in [2.75, 3.05) is 0 Å². The van der Waals surface area contributed by atoms with Crippen LogP contribution in [0.25, 0.3) is 0 Å². The van der Waals surface area contributed by atoms with Crippen LogP contribution < -0.4 is 11.3 Å². The van der Waals surface area contributed by atoms with Gasteiger partial charge in [-0.25, -0.2) is 5.84 Å². The number of nitrogens with two attached hydrogens (primary N) is 1. The van der Waals surface area contributed by atoms with Gasteiger partial charge in [-0.15, -0.1) is 0 Å². The molecule has 4 heteroatoms. The molecule has 0 rings (SSSR count). The minimum Gasteiger partial charge on any atom is -0.303 e. The Morgan fingerprint density at radius 2 is 2.09 bits per heavy atom. The molecule has 0 aliphatic rings. The molecule has 3 N–H and O–H groups in total. The number of unbranched alkanes of at least 4 members (excludes halogenated alkanes) is 3. The van der Waals surface area contributed by atoms with Crippen LogP contribution in [0.15, 0.2) is 0 Å². The third-order valence-electron chi connectivity index (χ3n) is 1.39. The molecule has 0 saturated carbocycles. The molecule has 1 amide bonds. The quantitative estimate of drug-likeness (QED) is 0.190. The maximum atomic E-state index is 10.5. The lowest BCUT2D eigenvalue weighted by Gasteiger charge is -1.97. The predicted molar refractivity (Wildman–Crippen MR) is 41.5 cm³/mol. The summed E-state index contributed by atoms with van der Waals surface area (Å²) in [4.78, 5) is 20.4. The molecule has 0 aromatic rings. The molecular formula is C7H14N2O2. The van der Waals surface area contributed by atoms with Gasteiger partial charge in [-0.2, -0.15) is 0 Å². The van der Waals surface area contributed by atoms with E-state index in [0.29, 0.717) is 12.8 Å². The van der Waals surface area contributed by atoms with E-state index in [-0.39, 0.29) is 5.91 Å². The minimum atomic E-state index is -0.142. The number of hydrogen-bond donors (Lipinski definition) is 2. The molecule has 0 aliphatic carbocycles. The summed E-state index contributed by atoms with van der Waals surface area (Å²) in [7, 11) is 0. The smallest absolute Gasteiger partial charge is 0.233 e. The van der Waals surface area contributed by atoms with E-state index in [9.17, 15) is 9.59 Å². The topological polar surface area (TPSA) is 72.2 Å². The zero-order valence-electron chi connectivity index (χ0n) is 6.51. The molecule has 0 radical (unpaired) electrons. The summed E-state index contributed by atoms with van der Waals surface area (Å²) in [6, 6.07) is 0. The Bertz CT molecular complexity index is 126. The number of hydrogen-bond acceptors (Lipinski definition) is 3. The van der Waals surface area contributed by atoms with Gasteiger partial charge in [-0.3, -0.25) is 10.2 Å². The van der Waals surface area contributed by atoms with Crippen molar-refractivity contribution in [3.63, 3.8) is 0 Å². The van der Waals surface area contributed by atoms with Crippen LogP contribution in [0.3, 0.4) is 0 Å². The van der Waals surface area contributed by atoms with E-state index >= 15 is 0 Å². The molecule has 0 spiro atoms. The number of amides is 1. The van der Waals surface area contributed by atoms with Gasteiger partial charge < -0.3 is 4.79 Å². The van der Waals surface area contributed by atoms with Gasteiger partial charge in [0.05, 0.1) is 0 Å². The molecule has 0 bridgehead atoms. The van der Waals surface area contributed by atoms with Gasteiger partial charge in [0.25, 0.3) is 0 Å². The molecule has 0 saturated heterocycles. The fourth-order valence-corrected chi connectivity index (χ4v) is 0.762. The van der Waals surface area contributed by atoms with Crippen LogP contribution in [0, 0.1) is 0 Å². The van der Waals surface area contributed by atoms with E-state index in [2.05, 4.69) is 0 Å². The lowest BCUT2D eigenvalue weighted by atomic mass is 10.1. The molecule has 0 aromatic carbocycles. The van der Waals surface area contributed by atoms with Gasteiger partial charge in [-0.05, 0) is 12.8 Å². The Labute approximate surface area is 66.1 Å². The first kappa shape index (κ1) is 10.1. The van der Waals surface area contributed by atoms with Crippen LogP contribution in [0.5, 0.6) is 0 Å². The van der Waals surface area contributed by atoms with Gasteiger partial charge in [-0.1, -0.05) is 6.42 Å². The van der Waals surface area contributed by atoms with Crippen molar-refractivity contribution in [1.29, 1.82) is 0 Å². The Morgan fingerprint density at radius 3 is 2.64 bits per heavy atom. The van der Waals surface area contributed by atoms with Crippen molar-refractivity contribution in [2.24, 2.45) is 5.84 Å². The van der Waals surface area contributed by atoms with Crippen molar-refractivity contribution < 1.29 is 9.59 Å². The Hall–Kier alpha value is -0.900. The van der Waals surface area contributed by atoms with Crippen molar-refractivity contribution in [1.82, 2.24) is 5.43 Å². The zero-order chi connectivity index (χ0) is 8.53. The molecule has 0 aliphatic heterocycles. The molecule has 64 valence electrons. The van der Waals surface area contributed by atoms with Crippen LogP contribution in [0.4, 0.5) is 0 Å². The first-order chi connectivity index (χ1) is 5.31. The first-order valence-corrected chi connectivity index (χ1v) is 3.74. The van der Waals surface area contributed by atoms with E-state index < -0.39 is 0 Å². The molecule has 11 heavy (non-hydrogen) atoms. The number of nitrogens with one attached hydrogen (secondary N) is 1. The first-order valence-electron chi connectivity index (χ1n) is 3.74. The number of carbonyl (C=O) groups is 2. The highest BCUT2D eigenvalue weighted by molar-refractivity contribution is 5.75. The van der Waals surface area contributed by atoms with Gasteiger partial charge in [0.1, 0.15) is 6.29 Å². The zero-order valence-corrected chi connectivity index (χ0v) is 6.51. The molecule has 4 nitrogen and oxygen atoms in total. The molecule has 0 unspecified atom stereocenters. The molecule has 0 heterocycles. The lowest BCUT2D eigenvalue weighted by molar-refractivity contribution is -0.121. The van der Waals surface area contributed by atoms with Crippen molar-refractivity contribution >= 4 is 12.2 Å². The van der Waals surface area contributed by atoms with Crippen LogP contribution >= 0.6 is 0 Å². The maximum Gasteiger partial charge on any atom is 0.233 e. The van der Waals surface area contributed by atoms with E-state index in [0.717, 1.165) is 25.5 Å². The SMILES string of the molecule is NNC(=O)CCCCCC=O. The van der Waals surface area contributed by atoms with Crippen LogP contribution in [0.1, 0.15) is 32.1 Å². The minimum absolute atomic E-state index is 0.142. The van der Waals surface area contributed by atoms with Crippen LogP contribution in [0.2, 0.25) is 0 Å². The maximum absolute atomic E-state index is 10.5.